The highest BCUT2D eigenvalue weighted by molar-refractivity contribution is 9.10. The summed E-state index contributed by atoms with van der Waals surface area (Å²) in [5.74, 6) is 5.29. The van der Waals surface area contributed by atoms with E-state index in [1.165, 1.54) is 12.1 Å². The van der Waals surface area contributed by atoms with Gasteiger partial charge in [0.2, 0.25) is 0 Å². The van der Waals surface area contributed by atoms with Gasteiger partial charge in [-0.05, 0) is 36.8 Å². The van der Waals surface area contributed by atoms with Crippen LogP contribution in [0.5, 0.6) is 0 Å². The molecule has 0 aliphatic rings. The van der Waals surface area contributed by atoms with Crippen LogP contribution in [0.2, 0.25) is 0 Å². The number of nitrogens with two attached hydrogens (primary N) is 1. The van der Waals surface area contributed by atoms with Crippen molar-refractivity contribution in [2.45, 2.75) is 19.5 Å². The van der Waals surface area contributed by atoms with Gasteiger partial charge in [0.25, 0.3) is 0 Å². The predicted octanol–water partition coefficient (Wildman–Crippen LogP) is 2.36. The third kappa shape index (κ3) is 2.60. The predicted molar refractivity (Wildman–Crippen MR) is 71.2 cm³/mol. The second-order valence-corrected chi connectivity index (χ2v) is 4.79. The molecule has 0 saturated heterocycles. The van der Waals surface area contributed by atoms with E-state index in [0.29, 0.717) is 4.47 Å². The Bertz CT molecular complexity index is 520. The Hall–Kier alpha value is -1.24. The Kier molecular flexibility index (Phi) is 4.11. The Morgan fingerprint density at radius 3 is 2.89 bits per heavy atom. The lowest BCUT2D eigenvalue weighted by molar-refractivity contribution is 0.539. The summed E-state index contributed by atoms with van der Waals surface area (Å²) in [5.41, 5.74) is 4.35. The highest BCUT2D eigenvalue weighted by atomic mass is 79.9. The molecule has 6 heteroatoms. The minimum atomic E-state index is -0.304. The average molecular weight is 313 g/mol. The zero-order valence-corrected chi connectivity index (χ0v) is 11.5. The van der Waals surface area contributed by atoms with Gasteiger partial charge in [0, 0.05) is 17.2 Å². The van der Waals surface area contributed by atoms with Crippen LogP contribution in [0.4, 0.5) is 4.39 Å². The summed E-state index contributed by atoms with van der Waals surface area (Å²) < 4.78 is 15.9. The molecule has 0 spiro atoms. The monoisotopic (exact) mass is 312 g/mol. The first-order chi connectivity index (χ1) is 8.65. The molecule has 0 saturated carbocycles. The Morgan fingerprint density at radius 2 is 2.28 bits per heavy atom. The fourth-order valence-electron chi connectivity index (χ4n) is 1.95. The van der Waals surface area contributed by atoms with Gasteiger partial charge in [-0.15, -0.1) is 0 Å². The molecule has 1 unspecified atom stereocenters. The quantitative estimate of drug-likeness (QED) is 0.673. The lowest BCUT2D eigenvalue weighted by Gasteiger charge is -2.18. The molecule has 0 fully saturated rings. The molecule has 0 aliphatic carbocycles. The van der Waals surface area contributed by atoms with E-state index >= 15 is 0 Å². The lowest BCUT2D eigenvalue weighted by atomic mass is 10.0. The van der Waals surface area contributed by atoms with E-state index in [1.54, 1.807) is 6.20 Å². The van der Waals surface area contributed by atoms with E-state index in [4.69, 9.17) is 5.84 Å². The van der Waals surface area contributed by atoms with Crippen molar-refractivity contribution in [3.05, 3.63) is 52.0 Å². The van der Waals surface area contributed by atoms with E-state index in [0.717, 1.165) is 17.8 Å². The molecule has 2 rings (SSSR count). The Labute approximate surface area is 113 Å². The van der Waals surface area contributed by atoms with Crippen LogP contribution >= 0.6 is 15.9 Å². The van der Waals surface area contributed by atoms with Crippen molar-refractivity contribution >= 4 is 15.9 Å². The molecule has 1 aromatic heterocycles. The first kappa shape index (κ1) is 13.2. The SMILES string of the molecule is CCn1nccc1C(NN)c1cc(F)cc(Br)c1. The summed E-state index contributed by atoms with van der Waals surface area (Å²) in [7, 11) is 0. The molecule has 18 heavy (non-hydrogen) atoms. The maximum absolute atomic E-state index is 13.4. The Morgan fingerprint density at radius 1 is 1.50 bits per heavy atom. The number of rotatable bonds is 4. The lowest BCUT2D eigenvalue weighted by Crippen LogP contribution is -2.30. The zero-order valence-electron chi connectivity index (χ0n) is 9.90. The number of hydrogen-bond donors (Lipinski definition) is 2. The standard InChI is InChI=1S/C12H14BrFN4/c1-2-18-11(3-4-16-18)12(17-15)8-5-9(13)7-10(14)6-8/h3-7,12,17H,2,15H2,1H3. The van der Waals surface area contributed by atoms with Crippen LogP contribution in [-0.2, 0) is 6.54 Å². The first-order valence-electron chi connectivity index (χ1n) is 5.59. The van der Waals surface area contributed by atoms with E-state index < -0.39 is 0 Å². The molecule has 96 valence electrons. The van der Waals surface area contributed by atoms with Gasteiger partial charge in [-0.25, -0.2) is 9.82 Å². The van der Waals surface area contributed by atoms with Crippen molar-refractivity contribution < 1.29 is 4.39 Å². The van der Waals surface area contributed by atoms with Gasteiger partial charge in [-0.3, -0.25) is 10.5 Å². The number of benzene rings is 1. The number of halogens is 2. The van der Waals surface area contributed by atoms with Crippen LogP contribution in [0.15, 0.2) is 34.9 Å². The van der Waals surface area contributed by atoms with Crippen molar-refractivity contribution in [1.29, 1.82) is 0 Å². The summed E-state index contributed by atoms with van der Waals surface area (Å²) in [6, 6.07) is 6.28. The molecule has 2 aromatic rings. The van der Waals surface area contributed by atoms with Crippen LogP contribution in [0, 0.1) is 5.82 Å². The third-order valence-corrected chi connectivity index (χ3v) is 3.19. The molecule has 1 heterocycles. The van der Waals surface area contributed by atoms with Crippen LogP contribution in [0.3, 0.4) is 0 Å². The molecule has 1 atom stereocenters. The summed E-state index contributed by atoms with van der Waals surface area (Å²) in [6.45, 7) is 2.72. The number of nitrogens with one attached hydrogen (secondary N) is 1. The van der Waals surface area contributed by atoms with E-state index in [2.05, 4.69) is 26.5 Å². The second kappa shape index (κ2) is 5.60. The number of hydrazine groups is 1. The van der Waals surface area contributed by atoms with E-state index in [9.17, 15) is 4.39 Å². The first-order valence-corrected chi connectivity index (χ1v) is 6.38. The highest BCUT2D eigenvalue weighted by Crippen LogP contribution is 2.25. The van der Waals surface area contributed by atoms with Crippen LogP contribution in [0.25, 0.3) is 0 Å². The smallest absolute Gasteiger partial charge is 0.124 e. The average Bonchev–Trinajstić information content (AvgIpc) is 2.77. The van der Waals surface area contributed by atoms with E-state index in [-0.39, 0.29) is 11.9 Å². The van der Waals surface area contributed by atoms with Crippen LogP contribution in [-0.4, -0.2) is 9.78 Å². The largest absolute Gasteiger partial charge is 0.271 e. The minimum absolute atomic E-state index is 0.292. The van der Waals surface area contributed by atoms with Crippen molar-refractivity contribution in [2.75, 3.05) is 0 Å². The summed E-state index contributed by atoms with van der Waals surface area (Å²) in [4.78, 5) is 0. The van der Waals surface area contributed by atoms with E-state index in [1.807, 2.05) is 23.7 Å². The van der Waals surface area contributed by atoms with Crippen LogP contribution in [0.1, 0.15) is 24.2 Å². The third-order valence-electron chi connectivity index (χ3n) is 2.73. The van der Waals surface area contributed by atoms with Gasteiger partial charge in [-0.2, -0.15) is 5.10 Å². The molecule has 0 bridgehead atoms. The molecule has 0 amide bonds. The normalized spacial score (nSPS) is 12.7. The van der Waals surface area contributed by atoms with Crippen molar-refractivity contribution in [1.82, 2.24) is 15.2 Å². The second-order valence-electron chi connectivity index (χ2n) is 3.87. The minimum Gasteiger partial charge on any atom is -0.271 e. The molecule has 0 aliphatic heterocycles. The number of aryl methyl sites for hydroxylation is 1. The molecular weight excluding hydrogens is 299 g/mol. The van der Waals surface area contributed by atoms with Crippen molar-refractivity contribution in [3.63, 3.8) is 0 Å². The van der Waals surface area contributed by atoms with Crippen molar-refractivity contribution in [2.24, 2.45) is 5.84 Å². The van der Waals surface area contributed by atoms with Gasteiger partial charge >= 0.3 is 0 Å². The van der Waals surface area contributed by atoms with Gasteiger partial charge in [0.15, 0.2) is 0 Å². The van der Waals surface area contributed by atoms with Gasteiger partial charge in [-0.1, -0.05) is 15.9 Å². The Balaban J connectivity index is 2.45. The number of aromatic nitrogens is 2. The highest BCUT2D eigenvalue weighted by Gasteiger charge is 2.17. The summed E-state index contributed by atoms with van der Waals surface area (Å²) in [6.07, 6.45) is 1.71. The van der Waals surface area contributed by atoms with Crippen LogP contribution < -0.4 is 11.3 Å². The maximum atomic E-state index is 13.4. The fraction of sp³-hybridized carbons (Fsp3) is 0.250. The van der Waals surface area contributed by atoms with Crippen molar-refractivity contribution in [3.8, 4) is 0 Å². The summed E-state index contributed by atoms with van der Waals surface area (Å²) in [5, 5.41) is 4.19. The molecule has 4 nitrogen and oxygen atoms in total. The molecule has 0 radical (unpaired) electrons. The van der Waals surface area contributed by atoms with Gasteiger partial charge in [0.05, 0.1) is 11.7 Å². The fourth-order valence-corrected chi connectivity index (χ4v) is 2.43. The van der Waals surface area contributed by atoms with Gasteiger partial charge in [0.1, 0.15) is 5.82 Å². The number of hydrogen-bond acceptors (Lipinski definition) is 3. The maximum Gasteiger partial charge on any atom is 0.124 e. The van der Waals surface area contributed by atoms with Gasteiger partial charge < -0.3 is 0 Å². The topological polar surface area (TPSA) is 55.9 Å². The molecule has 1 aromatic carbocycles. The zero-order chi connectivity index (χ0) is 13.1. The number of nitrogens with zero attached hydrogens (tertiary/aromatic N) is 2. The summed E-state index contributed by atoms with van der Waals surface area (Å²) >= 11 is 3.28. The molecular formula is C12H14BrFN4. The molecule has 3 N–H and O–H groups in total.